The van der Waals surface area contributed by atoms with E-state index in [-0.39, 0.29) is 6.42 Å². The van der Waals surface area contributed by atoms with Crippen LogP contribution < -0.4 is 5.32 Å². The first-order chi connectivity index (χ1) is 10.9. The maximum Gasteiger partial charge on any atom is 0.311 e. The maximum absolute atomic E-state index is 13.5. The lowest BCUT2D eigenvalue weighted by Crippen LogP contribution is -2.30. The number of halogens is 3. The van der Waals surface area contributed by atoms with Gasteiger partial charge in [-0.1, -0.05) is 6.07 Å². The molecule has 1 amide bonds. The molecule has 1 atom stereocenters. The second kappa shape index (κ2) is 7.28. The van der Waals surface area contributed by atoms with Gasteiger partial charge in [-0.15, -0.1) is 11.3 Å². The summed E-state index contributed by atoms with van der Waals surface area (Å²) in [5.74, 6) is -6.05. The molecule has 0 spiro atoms. The molecule has 2 rings (SSSR count). The standard InChI is InChI=1S/C15H12F3NO3S/c1-8(22-12(20)7-9-3-2-6-23-9)15(21)19-11-5-4-10(16)13(17)14(11)18/h2-6,8H,7H2,1H3,(H,19,21). The van der Waals surface area contributed by atoms with Gasteiger partial charge in [0.15, 0.2) is 23.6 Å². The molecule has 122 valence electrons. The Bertz CT molecular complexity index is 719. The minimum absolute atomic E-state index is 0.00875. The highest BCUT2D eigenvalue weighted by atomic mass is 32.1. The molecule has 1 unspecified atom stereocenters. The molecule has 0 radical (unpaired) electrons. The Morgan fingerprint density at radius 1 is 1.22 bits per heavy atom. The van der Waals surface area contributed by atoms with Crippen molar-refractivity contribution in [3.05, 3.63) is 52.0 Å². The molecule has 1 aromatic heterocycles. The Morgan fingerprint density at radius 2 is 1.96 bits per heavy atom. The van der Waals surface area contributed by atoms with Crippen LogP contribution >= 0.6 is 11.3 Å². The third-order valence-corrected chi connectivity index (χ3v) is 3.75. The zero-order valence-electron chi connectivity index (χ0n) is 11.9. The Morgan fingerprint density at radius 3 is 2.61 bits per heavy atom. The summed E-state index contributed by atoms with van der Waals surface area (Å²) in [5, 5.41) is 3.84. The molecule has 0 saturated heterocycles. The van der Waals surface area contributed by atoms with Gasteiger partial charge < -0.3 is 10.1 Å². The molecule has 0 bridgehead atoms. The van der Waals surface area contributed by atoms with Crippen LogP contribution in [0, 0.1) is 17.5 Å². The Balaban J connectivity index is 1.95. The number of hydrogen-bond acceptors (Lipinski definition) is 4. The van der Waals surface area contributed by atoms with Gasteiger partial charge in [0, 0.05) is 4.88 Å². The molecule has 0 saturated carbocycles. The fourth-order valence-electron chi connectivity index (χ4n) is 1.70. The zero-order valence-corrected chi connectivity index (χ0v) is 12.8. The average Bonchev–Trinajstić information content (AvgIpc) is 3.00. The Hall–Kier alpha value is -2.35. The van der Waals surface area contributed by atoms with Crippen LogP contribution in [0.2, 0.25) is 0 Å². The number of anilines is 1. The highest BCUT2D eigenvalue weighted by molar-refractivity contribution is 7.10. The van der Waals surface area contributed by atoms with Crippen molar-refractivity contribution in [1.29, 1.82) is 0 Å². The van der Waals surface area contributed by atoms with Gasteiger partial charge in [0.25, 0.3) is 5.91 Å². The van der Waals surface area contributed by atoms with Crippen molar-refractivity contribution in [2.24, 2.45) is 0 Å². The number of thiophene rings is 1. The van der Waals surface area contributed by atoms with E-state index in [1.54, 1.807) is 17.5 Å². The van der Waals surface area contributed by atoms with Crippen molar-refractivity contribution in [3.8, 4) is 0 Å². The third kappa shape index (κ3) is 4.32. The molecular weight excluding hydrogens is 331 g/mol. The van der Waals surface area contributed by atoms with Crippen LogP contribution in [0.1, 0.15) is 11.8 Å². The summed E-state index contributed by atoms with van der Waals surface area (Å²) < 4.78 is 44.3. The van der Waals surface area contributed by atoms with Crippen LogP contribution in [0.15, 0.2) is 29.6 Å². The minimum Gasteiger partial charge on any atom is -0.452 e. The fourth-order valence-corrected chi connectivity index (χ4v) is 2.39. The van der Waals surface area contributed by atoms with E-state index in [0.29, 0.717) is 6.07 Å². The summed E-state index contributed by atoms with van der Waals surface area (Å²) in [7, 11) is 0. The molecule has 8 heteroatoms. The maximum atomic E-state index is 13.5. The highest BCUT2D eigenvalue weighted by Gasteiger charge is 2.21. The van der Waals surface area contributed by atoms with Gasteiger partial charge in [0.05, 0.1) is 12.1 Å². The van der Waals surface area contributed by atoms with Gasteiger partial charge in [-0.2, -0.15) is 0 Å². The quantitative estimate of drug-likeness (QED) is 0.670. The normalized spacial score (nSPS) is 11.8. The molecule has 0 fully saturated rings. The van der Waals surface area contributed by atoms with Gasteiger partial charge in [-0.05, 0) is 30.5 Å². The number of hydrogen-bond donors (Lipinski definition) is 1. The third-order valence-electron chi connectivity index (χ3n) is 2.87. The molecule has 0 aliphatic rings. The first-order valence-electron chi connectivity index (χ1n) is 6.54. The highest BCUT2D eigenvalue weighted by Crippen LogP contribution is 2.20. The molecule has 4 nitrogen and oxygen atoms in total. The number of carbonyl (C=O) groups excluding carboxylic acids is 2. The average molecular weight is 343 g/mol. The number of rotatable bonds is 5. The first kappa shape index (κ1) is 17.0. The SMILES string of the molecule is CC(OC(=O)Cc1cccs1)C(=O)Nc1ccc(F)c(F)c1F. The van der Waals surface area contributed by atoms with Crippen molar-refractivity contribution >= 4 is 28.9 Å². The number of carbonyl (C=O) groups is 2. The summed E-state index contributed by atoms with van der Waals surface area (Å²) in [5.41, 5.74) is -0.532. The van der Waals surface area contributed by atoms with Gasteiger partial charge in [0.2, 0.25) is 0 Å². The summed E-state index contributed by atoms with van der Waals surface area (Å²) in [6, 6.07) is 5.08. The number of ether oxygens (including phenoxy) is 1. The van der Waals surface area contributed by atoms with E-state index in [2.05, 4.69) is 0 Å². The Labute approximate surface area is 133 Å². The summed E-state index contributed by atoms with van der Waals surface area (Å²) in [4.78, 5) is 24.3. The van der Waals surface area contributed by atoms with Crippen molar-refractivity contribution in [1.82, 2.24) is 0 Å². The number of amides is 1. The molecule has 1 heterocycles. The Kier molecular flexibility index (Phi) is 5.38. The number of benzene rings is 1. The smallest absolute Gasteiger partial charge is 0.311 e. The number of esters is 1. The van der Waals surface area contributed by atoms with E-state index < -0.39 is 41.1 Å². The monoisotopic (exact) mass is 343 g/mol. The van der Waals surface area contributed by atoms with Gasteiger partial charge in [-0.3, -0.25) is 9.59 Å². The molecule has 2 aromatic rings. The van der Waals surface area contributed by atoms with Crippen LogP contribution in [0.25, 0.3) is 0 Å². The van der Waals surface area contributed by atoms with Crippen molar-refractivity contribution in [2.75, 3.05) is 5.32 Å². The van der Waals surface area contributed by atoms with Crippen LogP contribution in [-0.2, 0) is 20.7 Å². The molecule has 23 heavy (non-hydrogen) atoms. The second-order valence-corrected chi connectivity index (χ2v) is 5.63. The largest absolute Gasteiger partial charge is 0.452 e. The molecular formula is C15H12F3NO3S. The van der Waals surface area contributed by atoms with Crippen molar-refractivity contribution in [3.63, 3.8) is 0 Å². The van der Waals surface area contributed by atoms with Gasteiger partial charge in [0.1, 0.15) is 0 Å². The van der Waals surface area contributed by atoms with Gasteiger partial charge >= 0.3 is 5.97 Å². The molecule has 1 aromatic carbocycles. The van der Waals surface area contributed by atoms with E-state index in [9.17, 15) is 22.8 Å². The zero-order chi connectivity index (χ0) is 17.0. The molecule has 1 N–H and O–H groups in total. The predicted molar refractivity (Wildman–Crippen MR) is 78.5 cm³/mol. The van der Waals surface area contributed by atoms with Crippen LogP contribution in [0.4, 0.5) is 18.9 Å². The van der Waals surface area contributed by atoms with E-state index in [0.717, 1.165) is 10.9 Å². The fraction of sp³-hybridized carbons (Fsp3) is 0.200. The minimum atomic E-state index is -1.69. The van der Waals surface area contributed by atoms with E-state index in [4.69, 9.17) is 4.74 Å². The topological polar surface area (TPSA) is 55.4 Å². The molecule has 0 aliphatic carbocycles. The van der Waals surface area contributed by atoms with Crippen LogP contribution in [0.5, 0.6) is 0 Å². The lowest BCUT2D eigenvalue weighted by molar-refractivity contribution is -0.152. The van der Waals surface area contributed by atoms with Crippen LogP contribution in [-0.4, -0.2) is 18.0 Å². The summed E-state index contributed by atoms with van der Waals surface area (Å²) in [6.45, 7) is 1.29. The van der Waals surface area contributed by atoms with E-state index >= 15 is 0 Å². The molecule has 0 aliphatic heterocycles. The lowest BCUT2D eigenvalue weighted by Gasteiger charge is -2.14. The lowest BCUT2D eigenvalue weighted by atomic mass is 10.2. The summed E-state index contributed by atoms with van der Waals surface area (Å²) in [6.07, 6.45) is -1.20. The first-order valence-corrected chi connectivity index (χ1v) is 7.42. The van der Waals surface area contributed by atoms with Gasteiger partial charge in [-0.25, -0.2) is 13.2 Å². The van der Waals surface area contributed by atoms with E-state index in [1.807, 2.05) is 5.32 Å². The van der Waals surface area contributed by atoms with E-state index in [1.165, 1.54) is 18.3 Å². The van der Waals surface area contributed by atoms with Crippen LogP contribution in [0.3, 0.4) is 0 Å². The number of nitrogens with one attached hydrogen (secondary N) is 1. The summed E-state index contributed by atoms with van der Waals surface area (Å²) >= 11 is 1.37. The second-order valence-electron chi connectivity index (χ2n) is 4.60. The predicted octanol–water partition coefficient (Wildman–Crippen LogP) is 3.28. The van der Waals surface area contributed by atoms with Crippen molar-refractivity contribution < 1.29 is 27.5 Å². The van der Waals surface area contributed by atoms with Crippen molar-refractivity contribution in [2.45, 2.75) is 19.4 Å².